The zero-order chi connectivity index (χ0) is 22.4. The van der Waals surface area contributed by atoms with Crippen molar-refractivity contribution in [1.82, 2.24) is 25.7 Å². The predicted molar refractivity (Wildman–Crippen MR) is 118 cm³/mol. The first-order valence-corrected chi connectivity index (χ1v) is 10.2. The molecule has 1 amide bonds. The molecule has 0 aliphatic carbocycles. The minimum Gasteiger partial charge on any atom is -0.365 e. The molecule has 5 N–H and O–H groups in total. The number of carbonyl (C=O) groups excluding carboxylic acids is 1. The molecule has 1 saturated heterocycles. The van der Waals surface area contributed by atoms with Crippen molar-refractivity contribution in [2.75, 3.05) is 25.0 Å². The number of hydroxylamine groups is 1. The first-order chi connectivity index (χ1) is 14.8. The van der Waals surface area contributed by atoms with Gasteiger partial charge in [-0.15, -0.1) is 0 Å². The van der Waals surface area contributed by atoms with E-state index < -0.39 is 0 Å². The number of nitrogens with zero attached hydrogens (tertiary/aromatic N) is 2. The van der Waals surface area contributed by atoms with Gasteiger partial charge in [-0.1, -0.05) is 18.2 Å². The average molecular weight is 428 g/mol. The Labute approximate surface area is 180 Å². The molecule has 1 fully saturated rings. The molecule has 1 aliphatic rings. The Hall–Kier alpha value is -3.40. The second-order valence-corrected chi connectivity index (χ2v) is 7.64. The lowest BCUT2D eigenvalue weighted by Crippen LogP contribution is -2.53. The molecule has 1 aromatic carbocycles. The summed E-state index contributed by atoms with van der Waals surface area (Å²) in [6.45, 7) is 7.02. The molecular weight excluding hydrogens is 398 g/mol. The van der Waals surface area contributed by atoms with Gasteiger partial charge in [0, 0.05) is 31.5 Å². The second kappa shape index (κ2) is 10.1. The van der Waals surface area contributed by atoms with E-state index in [1.807, 2.05) is 0 Å². The molecule has 10 nitrogen and oxygen atoms in total. The quantitative estimate of drug-likeness (QED) is 0.411. The van der Waals surface area contributed by atoms with Crippen LogP contribution in [0.2, 0.25) is 0 Å². The molecule has 166 valence electrons. The Kier molecular flexibility index (Phi) is 7.24. The van der Waals surface area contributed by atoms with Crippen LogP contribution in [0.25, 0.3) is 0 Å². The lowest BCUT2D eigenvalue weighted by atomic mass is 10.0. The summed E-state index contributed by atoms with van der Waals surface area (Å²) in [7, 11) is 0. The van der Waals surface area contributed by atoms with Crippen molar-refractivity contribution in [2.24, 2.45) is 0 Å². The predicted octanol–water partition coefficient (Wildman–Crippen LogP) is 0.367. The summed E-state index contributed by atoms with van der Waals surface area (Å²) in [6.07, 6.45) is 2.03. The highest BCUT2D eigenvalue weighted by atomic mass is 16.7. The lowest BCUT2D eigenvalue weighted by Gasteiger charge is -2.25. The van der Waals surface area contributed by atoms with Gasteiger partial charge < -0.3 is 16.0 Å². The number of aryl methyl sites for hydroxylation is 3. The fourth-order valence-electron chi connectivity index (χ4n) is 3.15. The maximum atomic E-state index is 12.8. The molecule has 0 radical (unpaired) electrons. The Balaban J connectivity index is 1.55. The van der Waals surface area contributed by atoms with Crippen LogP contribution in [-0.2, 0) is 22.6 Å². The van der Waals surface area contributed by atoms with Gasteiger partial charge in [0.1, 0.15) is 12.6 Å². The summed E-state index contributed by atoms with van der Waals surface area (Å²) < 4.78 is 1.40. The van der Waals surface area contributed by atoms with Crippen LogP contribution in [0.3, 0.4) is 0 Å². The van der Waals surface area contributed by atoms with Gasteiger partial charge in [0.2, 0.25) is 11.9 Å². The monoisotopic (exact) mass is 427 g/mol. The maximum absolute atomic E-state index is 12.8. The molecule has 31 heavy (non-hydrogen) atoms. The Morgan fingerprint density at radius 1 is 1.32 bits per heavy atom. The van der Waals surface area contributed by atoms with Crippen LogP contribution in [0.15, 0.2) is 29.2 Å². The number of benzene rings is 1. The summed E-state index contributed by atoms with van der Waals surface area (Å²) in [4.78, 5) is 34.6. The Bertz CT molecular complexity index is 1010. The average Bonchev–Trinajstić information content (AvgIpc) is 2.75. The topological polar surface area (TPSA) is 133 Å². The third-order valence-electron chi connectivity index (χ3n) is 5.19. The maximum Gasteiger partial charge on any atom is 0.293 e. The van der Waals surface area contributed by atoms with Crippen LogP contribution in [0.5, 0.6) is 0 Å². The van der Waals surface area contributed by atoms with E-state index in [1.54, 1.807) is 13.1 Å². The van der Waals surface area contributed by atoms with Crippen molar-refractivity contribution in [3.8, 4) is 0 Å². The highest BCUT2D eigenvalue weighted by Crippen LogP contribution is 2.10. The number of rotatable bonds is 8. The number of hydrogen-bond acceptors (Lipinski definition) is 6. The van der Waals surface area contributed by atoms with Gasteiger partial charge in [0.15, 0.2) is 5.82 Å². The van der Waals surface area contributed by atoms with E-state index in [1.165, 1.54) is 21.3 Å². The highest BCUT2D eigenvalue weighted by Gasteiger charge is 2.18. The number of guanidine groups is 1. The van der Waals surface area contributed by atoms with Crippen molar-refractivity contribution in [1.29, 1.82) is 5.41 Å². The van der Waals surface area contributed by atoms with Crippen molar-refractivity contribution in [3.63, 3.8) is 0 Å². The minimum atomic E-state index is -0.332. The number of anilines is 1. The number of aromatic nitrogens is 2. The molecule has 2 aromatic rings. The largest absolute Gasteiger partial charge is 0.365 e. The van der Waals surface area contributed by atoms with Crippen LogP contribution in [0, 0.1) is 26.2 Å². The fourth-order valence-corrected chi connectivity index (χ4v) is 3.15. The van der Waals surface area contributed by atoms with E-state index in [4.69, 9.17) is 10.2 Å². The van der Waals surface area contributed by atoms with Gasteiger partial charge in [-0.3, -0.25) is 24.4 Å². The van der Waals surface area contributed by atoms with E-state index in [2.05, 4.69) is 58.5 Å². The molecule has 1 aromatic heterocycles. The van der Waals surface area contributed by atoms with E-state index in [0.717, 1.165) is 6.42 Å². The van der Waals surface area contributed by atoms with Crippen LogP contribution in [0.1, 0.15) is 22.4 Å². The lowest BCUT2D eigenvalue weighted by molar-refractivity contribution is -0.122. The van der Waals surface area contributed by atoms with Crippen LogP contribution < -0.4 is 27.0 Å². The van der Waals surface area contributed by atoms with Gasteiger partial charge in [-0.05, 0) is 43.9 Å². The molecule has 0 spiro atoms. The van der Waals surface area contributed by atoms with Crippen LogP contribution in [-0.4, -0.2) is 47.2 Å². The molecule has 1 aliphatic heterocycles. The number of hydrogen-bond donors (Lipinski definition) is 5. The first kappa shape index (κ1) is 22.3. The molecule has 1 atom stereocenters. The summed E-state index contributed by atoms with van der Waals surface area (Å²) in [6, 6.07) is 6.32. The van der Waals surface area contributed by atoms with Crippen molar-refractivity contribution in [2.45, 2.75) is 39.8 Å². The van der Waals surface area contributed by atoms with Crippen LogP contribution >= 0.6 is 0 Å². The van der Waals surface area contributed by atoms with Gasteiger partial charge >= 0.3 is 0 Å². The van der Waals surface area contributed by atoms with E-state index in [0.29, 0.717) is 18.8 Å². The normalized spacial score (nSPS) is 15.7. The van der Waals surface area contributed by atoms with Gasteiger partial charge in [0.25, 0.3) is 5.56 Å². The molecular formula is C21H29N7O3. The summed E-state index contributed by atoms with van der Waals surface area (Å²) >= 11 is 0. The summed E-state index contributed by atoms with van der Waals surface area (Å²) in [5.41, 5.74) is 6.36. The Morgan fingerprint density at radius 3 is 2.84 bits per heavy atom. The number of amides is 1. The summed E-state index contributed by atoms with van der Waals surface area (Å²) in [5, 5.41) is 16.0. The number of carbonyl (C=O) groups is 1. The van der Waals surface area contributed by atoms with E-state index in [9.17, 15) is 9.59 Å². The number of nitrogens with one attached hydrogen (secondary N) is 5. The van der Waals surface area contributed by atoms with E-state index in [-0.39, 0.29) is 42.4 Å². The second-order valence-electron chi connectivity index (χ2n) is 7.64. The molecule has 3 rings (SSSR count). The third kappa shape index (κ3) is 6.05. The molecule has 0 bridgehead atoms. The van der Waals surface area contributed by atoms with E-state index >= 15 is 0 Å². The molecule has 10 heteroatoms. The van der Waals surface area contributed by atoms with Crippen molar-refractivity contribution in [3.05, 3.63) is 57.1 Å². The first-order valence-electron chi connectivity index (χ1n) is 10.2. The molecule has 0 saturated carbocycles. The van der Waals surface area contributed by atoms with Crippen molar-refractivity contribution < 1.29 is 9.63 Å². The smallest absolute Gasteiger partial charge is 0.293 e. The SMILES string of the molecule is Cc1ccc(CCNc2ncc(C)n(CC(=O)NCC3CNC(=N)NO3)c2=O)cc1C. The summed E-state index contributed by atoms with van der Waals surface area (Å²) in [5.74, 6) is 0.00516. The highest BCUT2D eigenvalue weighted by molar-refractivity contribution is 5.76. The Morgan fingerprint density at radius 2 is 2.13 bits per heavy atom. The van der Waals surface area contributed by atoms with Gasteiger partial charge in [-0.25, -0.2) is 10.5 Å². The molecule has 1 unspecified atom stereocenters. The zero-order valence-electron chi connectivity index (χ0n) is 18.0. The van der Waals surface area contributed by atoms with Gasteiger partial charge in [-0.2, -0.15) is 0 Å². The minimum absolute atomic E-state index is 0.0825. The van der Waals surface area contributed by atoms with Gasteiger partial charge in [0.05, 0.1) is 0 Å². The standard InChI is InChI=1S/C21H29N7O3/c1-13-4-5-16(8-14(13)2)6-7-23-19-20(30)28(15(3)9-25-19)12-18(29)24-10-17-11-26-21(22)27-31-17/h4-5,8-9,17H,6-7,10-12H2,1-3H3,(H,23,25)(H,24,29)(H3,22,26,27). The fraction of sp³-hybridized carbons (Fsp3) is 0.429. The van der Waals surface area contributed by atoms with Crippen molar-refractivity contribution >= 4 is 17.7 Å². The van der Waals surface area contributed by atoms with Crippen LogP contribution in [0.4, 0.5) is 5.82 Å². The third-order valence-corrected chi connectivity index (χ3v) is 5.19. The zero-order valence-corrected chi connectivity index (χ0v) is 18.0. The molecule has 2 heterocycles.